The minimum absolute atomic E-state index is 0.0518. The molecule has 3 aromatic rings. The van der Waals surface area contributed by atoms with Crippen LogP contribution in [0.4, 0.5) is 11.6 Å². The zero-order chi connectivity index (χ0) is 20.4. The van der Waals surface area contributed by atoms with Gasteiger partial charge in [-0.1, -0.05) is 32.0 Å². The fourth-order valence-corrected chi connectivity index (χ4v) is 3.86. The molecule has 0 bridgehead atoms. The first-order valence-corrected chi connectivity index (χ1v) is 10.2. The van der Waals surface area contributed by atoms with Crippen molar-refractivity contribution in [3.05, 3.63) is 81.5 Å². The monoisotopic (exact) mass is 389 g/mol. The Bertz CT molecular complexity index is 1040. The Labute approximate surface area is 171 Å². The minimum Gasteiger partial charge on any atom is -0.298 e. The van der Waals surface area contributed by atoms with Gasteiger partial charge < -0.3 is 0 Å². The van der Waals surface area contributed by atoms with Crippen LogP contribution in [0.3, 0.4) is 0 Å². The van der Waals surface area contributed by atoms with E-state index in [0.717, 1.165) is 29.1 Å². The van der Waals surface area contributed by atoms with Crippen LogP contribution in [0.25, 0.3) is 0 Å². The maximum absolute atomic E-state index is 13.2. The molecule has 6 nitrogen and oxygen atoms in total. The lowest BCUT2D eigenvalue weighted by atomic mass is 10.1. The van der Waals surface area contributed by atoms with Crippen LogP contribution in [0, 0.1) is 6.92 Å². The summed E-state index contributed by atoms with van der Waals surface area (Å²) in [4.78, 5) is 26.8. The van der Waals surface area contributed by atoms with Crippen LogP contribution in [0.2, 0.25) is 0 Å². The van der Waals surface area contributed by atoms with Crippen molar-refractivity contribution >= 4 is 11.6 Å². The van der Waals surface area contributed by atoms with Crippen LogP contribution in [-0.4, -0.2) is 26.1 Å². The van der Waals surface area contributed by atoms with Crippen molar-refractivity contribution in [2.24, 2.45) is 0 Å². The number of aromatic nitrogens is 3. The average molecular weight is 390 g/mol. The standard InChI is InChI=1S/C23H27N5O/c1-4-18-9-11-20(12-10-18)27-15-26(14-19-8-6-7-13-24-19)16-28-22(29)21(5-2)17(3)25-23(27)28/h6-13H,4-5,14-16H2,1-3H3. The lowest BCUT2D eigenvalue weighted by Crippen LogP contribution is -2.47. The number of rotatable bonds is 5. The molecule has 0 N–H and O–H groups in total. The molecule has 0 saturated carbocycles. The molecule has 6 heteroatoms. The highest BCUT2D eigenvalue weighted by atomic mass is 16.1. The average Bonchev–Trinajstić information content (AvgIpc) is 2.75. The Hall–Kier alpha value is -2.99. The van der Waals surface area contributed by atoms with Crippen molar-refractivity contribution in [3.8, 4) is 0 Å². The van der Waals surface area contributed by atoms with E-state index in [1.165, 1.54) is 5.56 Å². The molecule has 0 atom stereocenters. The number of benzene rings is 1. The third kappa shape index (κ3) is 3.80. The summed E-state index contributed by atoms with van der Waals surface area (Å²) in [5.41, 5.74) is 4.97. The Morgan fingerprint density at radius 1 is 1.00 bits per heavy atom. The summed E-state index contributed by atoms with van der Waals surface area (Å²) in [5, 5.41) is 0. The second-order valence-corrected chi connectivity index (χ2v) is 7.44. The lowest BCUT2D eigenvalue weighted by molar-refractivity contribution is 0.187. The van der Waals surface area contributed by atoms with Gasteiger partial charge >= 0.3 is 0 Å². The van der Waals surface area contributed by atoms with Crippen molar-refractivity contribution < 1.29 is 0 Å². The molecule has 0 radical (unpaired) electrons. The summed E-state index contributed by atoms with van der Waals surface area (Å²) in [6.07, 6.45) is 3.49. The number of anilines is 2. The molecule has 0 fully saturated rings. The first-order valence-electron chi connectivity index (χ1n) is 10.2. The molecule has 1 aromatic carbocycles. The molecule has 3 heterocycles. The number of aryl methyl sites for hydroxylation is 2. The molecule has 1 aliphatic heterocycles. The molecular formula is C23H27N5O. The van der Waals surface area contributed by atoms with Gasteiger partial charge in [-0.2, -0.15) is 0 Å². The van der Waals surface area contributed by atoms with Crippen molar-refractivity contribution in [3.63, 3.8) is 0 Å². The maximum Gasteiger partial charge on any atom is 0.259 e. The molecule has 4 rings (SSSR count). The van der Waals surface area contributed by atoms with Gasteiger partial charge in [0.1, 0.15) is 0 Å². The summed E-state index contributed by atoms with van der Waals surface area (Å²) in [7, 11) is 0. The second-order valence-electron chi connectivity index (χ2n) is 7.44. The summed E-state index contributed by atoms with van der Waals surface area (Å²) in [5.74, 6) is 0.714. The van der Waals surface area contributed by atoms with Gasteiger partial charge in [0.15, 0.2) is 0 Å². The van der Waals surface area contributed by atoms with Gasteiger partial charge in [0.25, 0.3) is 5.56 Å². The van der Waals surface area contributed by atoms with Gasteiger partial charge in [-0.3, -0.25) is 24.1 Å². The normalized spacial score (nSPS) is 14.1. The smallest absolute Gasteiger partial charge is 0.259 e. The molecule has 0 saturated heterocycles. The van der Waals surface area contributed by atoms with E-state index in [1.54, 1.807) is 10.8 Å². The SMILES string of the molecule is CCc1ccc(N2CN(Cc3ccccn3)Cn3c2nc(C)c(CC)c3=O)cc1. The summed E-state index contributed by atoms with van der Waals surface area (Å²) in [6, 6.07) is 14.4. The molecule has 2 aromatic heterocycles. The van der Waals surface area contributed by atoms with Gasteiger partial charge in [-0.15, -0.1) is 0 Å². The number of pyridine rings is 1. The molecule has 29 heavy (non-hydrogen) atoms. The van der Waals surface area contributed by atoms with Crippen molar-refractivity contribution in [1.29, 1.82) is 0 Å². The lowest BCUT2D eigenvalue weighted by Gasteiger charge is -2.38. The summed E-state index contributed by atoms with van der Waals surface area (Å²) < 4.78 is 1.80. The van der Waals surface area contributed by atoms with Gasteiger partial charge in [0.05, 0.1) is 19.0 Å². The Balaban J connectivity index is 1.77. The highest BCUT2D eigenvalue weighted by Gasteiger charge is 2.27. The van der Waals surface area contributed by atoms with Crippen LogP contribution < -0.4 is 10.5 Å². The first-order chi connectivity index (χ1) is 14.1. The highest BCUT2D eigenvalue weighted by molar-refractivity contribution is 5.59. The number of nitrogens with zero attached hydrogens (tertiary/aromatic N) is 5. The van der Waals surface area contributed by atoms with E-state index >= 15 is 0 Å². The zero-order valence-corrected chi connectivity index (χ0v) is 17.3. The molecule has 1 aliphatic rings. The predicted molar refractivity (Wildman–Crippen MR) is 115 cm³/mol. The highest BCUT2D eigenvalue weighted by Crippen LogP contribution is 2.28. The number of hydrogen-bond donors (Lipinski definition) is 0. The van der Waals surface area contributed by atoms with E-state index in [2.05, 4.69) is 46.0 Å². The van der Waals surface area contributed by atoms with E-state index in [-0.39, 0.29) is 5.56 Å². The van der Waals surface area contributed by atoms with E-state index in [9.17, 15) is 4.79 Å². The molecule has 0 unspecified atom stereocenters. The van der Waals surface area contributed by atoms with Crippen LogP contribution >= 0.6 is 0 Å². The predicted octanol–water partition coefficient (Wildman–Crippen LogP) is 3.64. The molecule has 0 amide bonds. The Kier molecular flexibility index (Phi) is 5.45. The van der Waals surface area contributed by atoms with Crippen LogP contribution in [0.15, 0.2) is 53.5 Å². The van der Waals surface area contributed by atoms with Crippen LogP contribution in [-0.2, 0) is 26.1 Å². The van der Waals surface area contributed by atoms with Crippen molar-refractivity contribution in [2.45, 2.75) is 46.8 Å². The Morgan fingerprint density at radius 2 is 1.79 bits per heavy atom. The number of fused-ring (bicyclic) bond motifs is 1. The van der Waals surface area contributed by atoms with Crippen LogP contribution in [0.5, 0.6) is 0 Å². The van der Waals surface area contributed by atoms with Crippen molar-refractivity contribution in [1.82, 2.24) is 19.4 Å². The first kappa shape index (κ1) is 19.3. The van der Waals surface area contributed by atoms with Gasteiger partial charge in [-0.25, -0.2) is 4.98 Å². The van der Waals surface area contributed by atoms with Gasteiger partial charge in [0, 0.05) is 29.7 Å². The van der Waals surface area contributed by atoms with Gasteiger partial charge in [0.2, 0.25) is 5.95 Å². The third-order valence-electron chi connectivity index (χ3n) is 5.50. The molecule has 0 spiro atoms. The number of hydrogen-bond acceptors (Lipinski definition) is 5. The third-order valence-corrected chi connectivity index (χ3v) is 5.50. The molecule has 0 aliphatic carbocycles. The van der Waals surface area contributed by atoms with E-state index in [1.807, 2.05) is 32.0 Å². The summed E-state index contributed by atoms with van der Waals surface area (Å²) in [6.45, 7) is 7.92. The quantitative estimate of drug-likeness (QED) is 0.667. The van der Waals surface area contributed by atoms with E-state index in [0.29, 0.717) is 32.3 Å². The molecular weight excluding hydrogens is 362 g/mol. The minimum atomic E-state index is 0.0518. The fraction of sp³-hybridized carbons (Fsp3) is 0.348. The van der Waals surface area contributed by atoms with E-state index in [4.69, 9.17) is 4.98 Å². The van der Waals surface area contributed by atoms with Gasteiger partial charge in [-0.05, 0) is 49.6 Å². The zero-order valence-electron chi connectivity index (χ0n) is 17.3. The second kappa shape index (κ2) is 8.17. The van der Waals surface area contributed by atoms with Crippen molar-refractivity contribution in [2.75, 3.05) is 11.6 Å². The molecule has 150 valence electrons. The topological polar surface area (TPSA) is 54.3 Å². The summed E-state index contributed by atoms with van der Waals surface area (Å²) >= 11 is 0. The Morgan fingerprint density at radius 3 is 2.45 bits per heavy atom. The van der Waals surface area contributed by atoms with E-state index < -0.39 is 0 Å². The van der Waals surface area contributed by atoms with Crippen LogP contribution in [0.1, 0.15) is 36.4 Å². The maximum atomic E-state index is 13.2. The largest absolute Gasteiger partial charge is 0.298 e. The fourth-order valence-electron chi connectivity index (χ4n) is 3.86.